The monoisotopic (exact) mass is 270 g/mol. The van der Waals surface area contributed by atoms with Gasteiger partial charge in [-0.25, -0.2) is 0 Å². The first-order valence-electron chi connectivity index (χ1n) is 6.75. The summed E-state index contributed by atoms with van der Waals surface area (Å²) in [7, 11) is 3.75. The molecule has 0 radical (unpaired) electrons. The van der Waals surface area contributed by atoms with Crippen molar-refractivity contribution in [2.75, 3.05) is 19.9 Å². The van der Waals surface area contributed by atoms with Gasteiger partial charge in [0.05, 0.1) is 7.11 Å². The number of hydrogen-bond acceptors (Lipinski definition) is 3. The van der Waals surface area contributed by atoms with Gasteiger partial charge in [0.15, 0.2) is 0 Å². The molecule has 0 aromatic heterocycles. The largest absolute Gasteiger partial charge is 0.497 e. The molecule has 0 saturated carbocycles. The average Bonchev–Trinajstić information content (AvgIpc) is 2.41. The quantitative estimate of drug-likeness (QED) is 0.848. The van der Waals surface area contributed by atoms with E-state index in [0.29, 0.717) is 0 Å². The van der Waals surface area contributed by atoms with Gasteiger partial charge >= 0.3 is 0 Å². The Morgan fingerprint density at radius 2 is 1.90 bits per heavy atom. The minimum absolute atomic E-state index is 0.778. The van der Waals surface area contributed by atoms with Crippen molar-refractivity contribution in [3.63, 3.8) is 0 Å². The third kappa shape index (κ3) is 3.75. The van der Waals surface area contributed by atoms with Gasteiger partial charge in [-0.2, -0.15) is 0 Å². The van der Waals surface area contributed by atoms with Crippen LogP contribution in [0.2, 0.25) is 0 Å². The molecule has 20 heavy (non-hydrogen) atoms. The first kappa shape index (κ1) is 14.4. The molecule has 0 aliphatic rings. The number of anilines is 1. The number of benzene rings is 2. The number of aryl methyl sites for hydroxylation is 1. The summed E-state index contributed by atoms with van der Waals surface area (Å²) in [4.78, 5) is 2.26. The summed E-state index contributed by atoms with van der Waals surface area (Å²) in [6.45, 7) is 3.85. The topological polar surface area (TPSA) is 38.5 Å². The number of ether oxygens (including phenoxy) is 1. The number of nitrogens with zero attached hydrogens (tertiary/aromatic N) is 1. The second kappa shape index (κ2) is 6.44. The van der Waals surface area contributed by atoms with Gasteiger partial charge in [0, 0.05) is 24.8 Å². The summed E-state index contributed by atoms with van der Waals surface area (Å²) in [5.41, 5.74) is 10.6. The zero-order valence-corrected chi connectivity index (χ0v) is 12.4. The highest BCUT2D eigenvalue weighted by atomic mass is 16.5. The molecule has 0 spiro atoms. The summed E-state index contributed by atoms with van der Waals surface area (Å²) in [5, 5.41) is 0. The van der Waals surface area contributed by atoms with Crippen molar-refractivity contribution in [3.8, 4) is 5.75 Å². The predicted molar refractivity (Wildman–Crippen MR) is 83.8 cm³/mol. The Bertz CT molecular complexity index is 581. The highest BCUT2D eigenvalue weighted by Crippen LogP contribution is 2.21. The van der Waals surface area contributed by atoms with Crippen LogP contribution in [0.3, 0.4) is 0 Å². The average molecular weight is 270 g/mol. The highest BCUT2D eigenvalue weighted by molar-refractivity contribution is 5.51. The van der Waals surface area contributed by atoms with E-state index in [1.54, 1.807) is 7.11 Å². The lowest BCUT2D eigenvalue weighted by atomic mass is 10.1. The summed E-state index contributed by atoms with van der Waals surface area (Å²) in [6.07, 6.45) is 0. The Labute approximate surface area is 121 Å². The number of methoxy groups -OCH3 is 1. The fourth-order valence-corrected chi connectivity index (χ4v) is 2.31. The summed E-state index contributed by atoms with van der Waals surface area (Å²) in [5.74, 6) is 0.799. The van der Waals surface area contributed by atoms with Crippen LogP contribution in [-0.2, 0) is 13.1 Å². The van der Waals surface area contributed by atoms with Crippen LogP contribution in [-0.4, -0.2) is 19.1 Å². The van der Waals surface area contributed by atoms with Crippen LogP contribution >= 0.6 is 0 Å². The second-order valence-electron chi connectivity index (χ2n) is 5.23. The van der Waals surface area contributed by atoms with Crippen molar-refractivity contribution in [1.82, 2.24) is 4.90 Å². The molecule has 2 aromatic carbocycles. The van der Waals surface area contributed by atoms with E-state index in [0.717, 1.165) is 30.1 Å². The maximum atomic E-state index is 6.06. The lowest BCUT2D eigenvalue weighted by Crippen LogP contribution is -2.18. The zero-order valence-electron chi connectivity index (χ0n) is 12.4. The molecule has 2 rings (SSSR count). The van der Waals surface area contributed by atoms with Crippen LogP contribution in [0, 0.1) is 6.92 Å². The van der Waals surface area contributed by atoms with Crippen molar-refractivity contribution in [2.45, 2.75) is 20.0 Å². The van der Waals surface area contributed by atoms with Crippen LogP contribution in [0.4, 0.5) is 5.69 Å². The summed E-state index contributed by atoms with van der Waals surface area (Å²) < 4.78 is 5.17. The molecule has 0 aliphatic carbocycles. The van der Waals surface area contributed by atoms with Crippen molar-refractivity contribution in [1.29, 1.82) is 0 Å². The van der Waals surface area contributed by atoms with Gasteiger partial charge in [0.25, 0.3) is 0 Å². The summed E-state index contributed by atoms with van der Waals surface area (Å²) in [6, 6.07) is 14.4. The van der Waals surface area contributed by atoms with Gasteiger partial charge in [-0.15, -0.1) is 0 Å². The molecule has 0 saturated heterocycles. The van der Waals surface area contributed by atoms with Crippen LogP contribution in [0.5, 0.6) is 5.75 Å². The normalized spacial score (nSPS) is 10.8. The first-order valence-corrected chi connectivity index (χ1v) is 6.75. The Kier molecular flexibility index (Phi) is 4.64. The molecule has 106 valence electrons. The fourth-order valence-electron chi connectivity index (χ4n) is 2.31. The van der Waals surface area contributed by atoms with Gasteiger partial charge < -0.3 is 10.5 Å². The van der Waals surface area contributed by atoms with Crippen LogP contribution in [0.15, 0.2) is 42.5 Å². The van der Waals surface area contributed by atoms with E-state index < -0.39 is 0 Å². The van der Waals surface area contributed by atoms with Crippen LogP contribution in [0.1, 0.15) is 16.7 Å². The minimum atomic E-state index is 0.778. The zero-order chi connectivity index (χ0) is 14.5. The number of rotatable bonds is 5. The van der Waals surface area contributed by atoms with E-state index in [-0.39, 0.29) is 0 Å². The SMILES string of the molecule is COc1ccc(CN(C)Cc2cccc(C)c2)c(N)c1. The molecule has 0 heterocycles. The van der Waals surface area contributed by atoms with Crippen LogP contribution < -0.4 is 10.5 Å². The van der Waals surface area contributed by atoms with E-state index in [4.69, 9.17) is 10.5 Å². The van der Waals surface area contributed by atoms with Crippen molar-refractivity contribution < 1.29 is 4.74 Å². The van der Waals surface area contributed by atoms with Gasteiger partial charge in [0.1, 0.15) is 5.75 Å². The Morgan fingerprint density at radius 3 is 2.55 bits per heavy atom. The second-order valence-corrected chi connectivity index (χ2v) is 5.23. The molecular formula is C17H22N2O. The predicted octanol–water partition coefficient (Wildman–Crippen LogP) is 3.22. The smallest absolute Gasteiger partial charge is 0.120 e. The molecule has 3 heteroatoms. The molecule has 0 amide bonds. The Hall–Kier alpha value is -2.00. The fraction of sp³-hybridized carbons (Fsp3) is 0.294. The maximum Gasteiger partial charge on any atom is 0.120 e. The lowest BCUT2D eigenvalue weighted by molar-refractivity contribution is 0.319. The Balaban J connectivity index is 2.02. The molecule has 0 unspecified atom stereocenters. The van der Waals surface area contributed by atoms with E-state index in [1.807, 2.05) is 18.2 Å². The van der Waals surface area contributed by atoms with Gasteiger partial charge in [-0.05, 0) is 31.2 Å². The highest BCUT2D eigenvalue weighted by Gasteiger charge is 2.06. The van der Waals surface area contributed by atoms with E-state index in [1.165, 1.54) is 11.1 Å². The van der Waals surface area contributed by atoms with Crippen molar-refractivity contribution in [3.05, 3.63) is 59.2 Å². The number of hydrogen-bond donors (Lipinski definition) is 1. The van der Waals surface area contributed by atoms with E-state index in [9.17, 15) is 0 Å². The van der Waals surface area contributed by atoms with E-state index in [2.05, 4.69) is 43.1 Å². The molecule has 0 atom stereocenters. The minimum Gasteiger partial charge on any atom is -0.497 e. The van der Waals surface area contributed by atoms with Crippen LogP contribution in [0.25, 0.3) is 0 Å². The molecular weight excluding hydrogens is 248 g/mol. The number of nitrogens with two attached hydrogens (primary N) is 1. The number of nitrogen functional groups attached to an aromatic ring is 1. The summed E-state index contributed by atoms with van der Waals surface area (Å²) >= 11 is 0. The molecule has 3 nitrogen and oxygen atoms in total. The van der Waals surface area contributed by atoms with Crippen molar-refractivity contribution in [2.24, 2.45) is 0 Å². The Morgan fingerprint density at radius 1 is 1.10 bits per heavy atom. The molecule has 0 fully saturated rings. The molecule has 2 N–H and O–H groups in total. The third-order valence-corrected chi connectivity index (χ3v) is 3.33. The molecule has 0 bridgehead atoms. The molecule has 0 aliphatic heterocycles. The van der Waals surface area contributed by atoms with Gasteiger partial charge in [-0.3, -0.25) is 4.90 Å². The maximum absolute atomic E-state index is 6.06. The lowest BCUT2D eigenvalue weighted by Gasteiger charge is -2.18. The standard InChI is InChI=1S/C17H22N2O/c1-13-5-4-6-14(9-13)11-19(2)12-15-7-8-16(20-3)10-17(15)18/h4-10H,11-12,18H2,1-3H3. The van der Waals surface area contributed by atoms with Gasteiger partial charge in [-0.1, -0.05) is 35.9 Å². The molecule has 2 aromatic rings. The van der Waals surface area contributed by atoms with E-state index >= 15 is 0 Å². The third-order valence-electron chi connectivity index (χ3n) is 3.33. The van der Waals surface area contributed by atoms with Gasteiger partial charge in [0.2, 0.25) is 0 Å². The first-order chi connectivity index (χ1) is 9.58. The van der Waals surface area contributed by atoms with Crippen molar-refractivity contribution >= 4 is 5.69 Å².